The molecule has 0 bridgehead atoms. The molecular weight excluding hydrogens is 158 g/mol. The summed E-state index contributed by atoms with van der Waals surface area (Å²) < 4.78 is 10.9. The first kappa shape index (κ1) is 9.92. The smallest absolute Gasteiger partial charge is 0.163 e. The van der Waals surface area contributed by atoms with Crippen molar-refractivity contribution in [2.75, 3.05) is 20.3 Å². The number of hydrogen-bond donors (Lipinski definition) is 2. The monoisotopic (exact) mass is 175 g/mol. The van der Waals surface area contributed by atoms with Crippen molar-refractivity contribution in [3.63, 3.8) is 0 Å². The maximum Gasteiger partial charge on any atom is 0.163 e. The summed E-state index contributed by atoms with van der Waals surface area (Å²) in [5.74, 6) is -0.505. The third-order valence-electron chi connectivity index (χ3n) is 2.05. The van der Waals surface area contributed by atoms with Gasteiger partial charge in [-0.2, -0.15) is 0 Å². The highest BCUT2D eigenvalue weighted by molar-refractivity contribution is 4.81. The molecule has 12 heavy (non-hydrogen) atoms. The van der Waals surface area contributed by atoms with Crippen molar-refractivity contribution in [1.29, 1.82) is 0 Å². The van der Waals surface area contributed by atoms with Crippen LogP contribution in [-0.2, 0) is 9.47 Å². The van der Waals surface area contributed by atoms with Crippen LogP contribution in [0.3, 0.4) is 0 Å². The fourth-order valence-corrected chi connectivity index (χ4v) is 1.31. The largest absolute Gasteiger partial charge is 0.395 e. The van der Waals surface area contributed by atoms with Gasteiger partial charge in [0.2, 0.25) is 0 Å². The molecule has 0 aromatic carbocycles. The lowest BCUT2D eigenvalue weighted by Gasteiger charge is -2.21. The quantitative estimate of drug-likeness (QED) is 0.619. The van der Waals surface area contributed by atoms with Crippen LogP contribution in [0.15, 0.2) is 0 Å². The summed E-state index contributed by atoms with van der Waals surface area (Å²) in [5, 5.41) is 11.9. The van der Waals surface area contributed by atoms with E-state index in [1.165, 1.54) is 0 Å². The Morgan fingerprint density at radius 1 is 1.67 bits per heavy atom. The van der Waals surface area contributed by atoms with E-state index in [1.54, 1.807) is 7.05 Å². The number of aliphatic hydroxyl groups excluding tert-OH is 1. The molecule has 2 N–H and O–H groups in total. The highest BCUT2D eigenvalue weighted by atomic mass is 16.7. The van der Waals surface area contributed by atoms with Gasteiger partial charge in [-0.3, -0.25) is 0 Å². The van der Waals surface area contributed by atoms with Gasteiger partial charge >= 0.3 is 0 Å². The highest BCUT2D eigenvalue weighted by Gasteiger charge is 2.36. The van der Waals surface area contributed by atoms with E-state index in [4.69, 9.17) is 14.6 Å². The van der Waals surface area contributed by atoms with E-state index in [9.17, 15) is 0 Å². The predicted octanol–water partition coefficient (Wildman–Crippen LogP) is -0.282. The van der Waals surface area contributed by atoms with Crippen LogP contribution in [0, 0.1) is 0 Å². The van der Waals surface area contributed by atoms with Crippen molar-refractivity contribution in [2.24, 2.45) is 0 Å². The second kappa shape index (κ2) is 3.70. The van der Waals surface area contributed by atoms with Gasteiger partial charge < -0.3 is 19.9 Å². The molecule has 1 aliphatic heterocycles. The van der Waals surface area contributed by atoms with E-state index < -0.39 is 5.79 Å². The van der Waals surface area contributed by atoms with E-state index in [-0.39, 0.29) is 18.8 Å². The summed E-state index contributed by atoms with van der Waals surface area (Å²) >= 11 is 0. The summed E-state index contributed by atoms with van der Waals surface area (Å²) in [4.78, 5) is 0. The summed E-state index contributed by atoms with van der Waals surface area (Å²) in [6.07, 6.45) is -0.0463. The lowest BCUT2D eigenvalue weighted by molar-refractivity contribution is -0.142. The van der Waals surface area contributed by atoms with Gasteiger partial charge in [-0.25, -0.2) is 0 Å². The first-order valence-electron chi connectivity index (χ1n) is 4.19. The maximum absolute atomic E-state index is 8.96. The summed E-state index contributed by atoms with van der Waals surface area (Å²) in [6.45, 7) is 4.36. The molecule has 1 aliphatic rings. The molecule has 0 unspecified atom stereocenters. The number of aliphatic hydroxyl groups is 1. The van der Waals surface area contributed by atoms with Crippen LogP contribution in [0.5, 0.6) is 0 Å². The van der Waals surface area contributed by atoms with Crippen LogP contribution < -0.4 is 5.32 Å². The maximum atomic E-state index is 8.96. The zero-order valence-corrected chi connectivity index (χ0v) is 7.83. The lowest BCUT2D eigenvalue weighted by atomic mass is 10.2. The van der Waals surface area contributed by atoms with Gasteiger partial charge in [-0.1, -0.05) is 0 Å². The third kappa shape index (κ3) is 2.17. The minimum Gasteiger partial charge on any atom is -0.395 e. The molecule has 4 nitrogen and oxygen atoms in total. The lowest BCUT2D eigenvalue weighted by Crippen LogP contribution is -2.42. The van der Waals surface area contributed by atoms with E-state index in [0.29, 0.717) is 6.61 Å². The molecule has 2 atom stereocenters. The summed E-state index contributed by atoms with van der Waals surface area (Å²) in [7, 11) is 1.80. The van der Waals surface area contributed by atoms with Gasteiger partial charge in [0, 0.05) is 0 Å². The van der Waals surface area contributed by atoms with Gasteiger partial charge in [-0.05, 0) is 20.9 Å². The van der Waals surface area contributed by atoms with Gasteiger partial charge in [0.05, 0.1) is 19.3 Å². The fourth-order valence-electron chi connectivity index (χ4n) is 1.31. The molecule has 0 saturated carbocycles. The second-order valence-electron chi connectivity index (χ2n) is 3.44. The Hall–Kier alpha value is -0.160. The Morgan fingerprint density at radius 2 is 2.33 bits per heavy atom. The molecule has 72 valence electrons. The SMILES string of the molecule is CN[C@@H](CO)[C@@H]1COC(C)(C)O1. The molecule has 0 aromatic heterocycles. The van der Waals surface area contributed by atoms with Gasteiger partial charge in [-0.15, -0.1) is 0 Å². The van der Waals surface area contributed by atoms with Crippen molar-refractivity contribution in [3.05, 3.63) is 0 Å². The van der Waals surface area contributed by atoms with Crippen LogP contribution in [0.2, 0.25) is 0 Å². The Bertz CT molecular complexity index is 145. The summed E-state index contributed by atoms with van der Waals surface area (Å²) in [6, 6.07) is -0.0354. The Kier molecular flexibility index (Phi) is 3.06. The normalized spacial score (nSPS) is 30.5. The van der Waals surface area contributed by atoms with E-state index in [1.807, 2.05) is 13.8 Å². The van der Waals surface area contributed by atoms with E-state index in [0.717, 1.165) is 0 Å². The second-order valence-corrected chi connectivity index (χ2v) is 3.44. The average molecular weight is 175 g/mol. The van der Waals surface area contributed by atoms with E-state index in [2.05, 4.69) is 5.32 Å². The number of rotatable bonds is 3. The molecule has 0 aromatic rings. The van der Waals surface area contributed by atoms with Crippen LogP contribution >= 0.6 is 0 Å². The Morgan fingerprint density at radius 3 is 2.67 bits per heavy atom. The van der Waals surface area contributed by atoms with Crippen molar-refractivity contribution >= 4 is 0 Å². The Balaban J connectivity index is 2.45. The van der Waals surface area contributed by atoms with Gasteiger partial charge in [0.1, 0.15) is 6.10 Å². The standard InChI is InChI=1S/C8H17NO3/c1-8(2)11-5-7(12-8)6(4-10)9-3/h6-7,9-10H,4-5H2,1-3H3/t6-,7-/m0/s1. The highest BCUT2D eigenvalue weighted by Crippen LogP contribution is 2.23. The van der Waals surface area contributed by atoms with Crippen LogP contribution in [0.25, 0.3) is 0 Å². The van der Waals surface area contributed by atoms with Crippen molar-refractivity contribution in [1.82, 2.24) is 5.32 Å². The molecule has 1 heterocycles. The molecular formula is C8H17NO3. The predicted molar refractivity (Wildman–Crippen MR) is 44.8 cm³/mol. The zero-order chi connectivity index (χ0) is 9.19. The summed E-state index contributed by atoms with van der Waals surface area (Å²) in [5.41, 5.74) is 0. The van der Waals surface area contributed by atoms with Crippen molar-refractivity contribution < 1.29 is 14.6 Å². The molecule has 1 saturated heterocycles. The first-order valence-corrected chi connectivity index (χ1v) is 4.19. The molecule has 4 heteroatoms. The van der Waals surface area contributed by atoms with Crippen LogP contribution in [0.4, 0.5) is 0 Å². The minimum absolute atomic E-state index is 0.0354. The number of hydrogen-bond acceptors (Lipinski definition) is 4. The molecule has 0 spiro atoms. The molecule has 0 amide bonds. The first-order chi connectivity index (χ1) is 5.59. The Labute approximate surface area is 72.9 Å². The molecule has 1 rings (SSSR count). The number of nitrogens with one attached hydrogen (secondary N) is 1. The number of ether oxygens (including phenoxy) is 2. The number of likely N-dealkylation sites (N-methyl/N-ethyl adjacent to an activating group) is 1. The van der Waals surface area contributed by atoms with Crippen molar-refractivity contribution in [2.45, 2.75) is 31.8 Å². The molecule has 0 aliphatic carbocycles. The van der Waals surface area contributed by atoms with Gasteiger partial charge in [0.15, 0.2) is 5.79 Å². The zero-order valence-electron chi connectivity index (χ0n) is 7.83. The van der Waals surface area contributed by atoms with Crippen LogP contribution in [-0.4, -0.2) is 43.3 Å². The molecule has 1 fully saturated rings. The minimum atomic E-state index is -0.505. The fraction of sp³-hybridized carbons (Fsp3) is 1.00. The average Bonchev–Trinajstić information content (AvgIpc) is 2.34. The third-order valence-corrected chi connectivity index (χ3v) is 2.05. The van der Waals surface area contributed by atoms with Crippen molar-refractivity contribution in [3.8, 4) is 0 Å². The molecule has 0 radical (unpaired) electrons. The van der Waals surface area contributed by atoms with Crippen LogP contribution in [0.1, 0.15) is 13.8 Å². The topological polar surface area (TPSA) is 50.7 Å². The van der Waals surface area contributed by atoms with Gasteiger partial charge in [0.25, 0.3) is 0 Å². The van der Waals surface area contributed by atoms with E-state index >= 15 is 0 Å².